The fourth-order valence-electron chi connectivity index (χ4n) is 2.73. The molecule has 1 amide bonds. The van der Waals surface area contributed by atoms with Crippen molar-refractivity contribution in [2.24, 2.45) is 7.05 Å². The standard InChI is InChI=1S/C17H14N4O3/c1-20-15-9-11(16(22)18-10-12-3-2-8-24-12)4-5-13(15)21-14(17(20)23)6-7-19-21/h2-9H,10H2,1H3,(H,18,22). The van der Waals surface area contributed by atoms with Crippen molar-refractivity contribution in [3.63, 3.8) is 0 Å². The summed E-state index contributed by atoms with van der Waals surface area (Å²) in [5.74, 6) is 0.441. The Hall–Kier alpha value is -3.35. The number of nitrogens with zero attached hydrogens (tertiary/aromatic N) is 3. The van der Waals surface area contributed by atoms with Gasteiger partial charge in [-0.3, -0.25) is 9.59 Å². The molecule has 3 heterocycles. The Morgan fingerprint density at radius 3 is 2.88 bits per heavy atom. The van der Waals surface area contributed by atoms with E-state index in [0.717, 1.165) is 5.52 Å². The molecule has 7 heteroatoms. The molecular weight excluding hydrogens is 308 g/mol. The molecule has 1 aromatic carbocycles. The van der Waals surface area contributed by atoms with Crippen molar-refractivity contribution in [1.29, 1.82) is 0 Å². The molecule has 4 rings (SSSR count). The van der Waals surface area contributed by atoms with Crippen molar-refractivity contribution in [3.05, 3.63) is 70.5 Å². The number of aromatic nitrogens is 3. The van der Waals surface area contributed by atoms with Gasteiger partial charge in [0.05, 0.1) is 30.0 Å². The van der Waals surface area contributed by atoms with Crippen LogP contribution in [0.3, 0.4) is 0 Å². The quantitative estimate of drug-likeness (QED) is 0.622. The molecule has 0 fully saturated rings. The molecule has 0 saturated heterocycles. The summed E-state index contributed by atoms with van der Waals surface area (Å²) < 4.78 is 8.30. The van der Waals surface area contributed by atoms with E-state index in [0.29, 0.717) is 28.9 Å². The summed E-state index contributed by atoms with van der Waals surface area (Å²) in [6, 6.07) is 10.4. The highest BCUT2D eigenvalue weighted by atomic mass is 16.3. The van der Waals surface area contributed by atoms with Crippen LogP contribution < -0.4 is 10.9 Å². The van der Waals surface area contributed by atoms with Gasteiger partial charge in [0, 0.05) is 12.6 Å². The molecule has 0 aliphatic rings. The van der Waals surface area contributed by atoms with Crippen molar-refractivity contribution in [2.45, 2.75) is 6.54 Å². The second kappa shape index (κ2) is 5.38. The van der Waals surface area contributed by atoms with E-state index >= 15 is 0 Å². The predicted octanol–water partition coefficient (Wildman–Crippen LogP) is 1.71. The second-order valence-corrected chi connectivity index (χ2v) is 5.46. The topological polar surface area (TPSA) is 81.5 Å². The number of rotatable bonds is 3. The number of hydrogen-bond acceptors (Lipinski definition) is 4. The number of fused-ring (bicyclic) bond motifs is 3. The van der Waals surface area contributed by atoms with Gasteiger partial charge < -0.3 is 14.3 Å². The Morgan fingerprint density at radius 1 is 1.21 bits per heavy atom. The van der Waals surface area contributed by atoms with E-state index in [-0.39, 0.29) is 11.5 Å². The lowest BCUT2D eigenvalue weighted by molar-refractivity contribution is 0.0948. The van der Waals surface area contributed by atoms with Crippen LogP contribution in [0.15, 0.2) is 58.1 Å². The van der Waals surface area contributed by atoms with Gasteiger partial charge in [-0.1, -0.05) is 0 Å². The second-order valence-electron chi connectivity index (χ2n) is 5.46. The number of benzene rings is 1. The van der Waals surface area contributed by atoms with E-state index in [1.165, 1.54) is 4.57 Å². The van der Waals surface area contributed by atoms with Gasteiger partial charge in [0.1, 0.15) is 11.3 Å². The maximum atomic E-state index is 12.4. The third-order valence-corrected chi connectivity index (χ3v) is 4.00. The minimum atomic E-state index is -0.235. The van der Waals surface area contributed by atoms with E-state index in [4.69, 9.17) is 4.42 Å². The molecule has 4 aromatic rings. The molecule has 0 spiro atoms. The minimum Gasteiger partial charge on any atom is -0.467 e. The van der Waals surface area contributed by atoms with Crippen LogP contribution in [0.2, 0.25) is 0 Å². The number of carbonyl (C=O) groups excluding carboxylic acids is 1. The van der Waals surface area contributed by atoms with Crippen LogP contribution in [-0.2, 0) is 13.6 Å². The Morgan fingerprint density at radius 2 is 2.08 bits per heavy atom. The average molecular weight is 322 g/mol. The molecular formula is C17H14N4O3. The highest BCUT2D eigenvalue weighted by molar-refractivity contribution is 5.97. The van der Waals surface area contributed by atoms with Crippen LogP contribution in [0.1, 0.15) is 16.1 Å². The third-order valence-electron chi connectivity index (χ3n) is 4.00. The Labute approximate surface area is 136 Å². The summed E-state index contributed by atoms with van der Waals surface area (Å²) >= 11 is 0. The van der Waals surface area contributed by atoms with E-state index in [2.05, 4.69) is 10.4 Å². The molecule has 0 saturated carbocycles. The fourth-order valence-corrected chi connectivity index (χ4v) is 2.73. The molecule has 24 heavy (non-hydrogen) atoms. The lowest BCUT2D eigenvalue weighted by atomic mass is 10.1. The normalized spacial score (nSPS) is 11.2. The summed E-state index contributed by atoms with van der Waals surface area (Å²) in [5, 5.41) is 6.97. The zero-order chi connectivity index (χ0) is 16.7. The lowest BCUT2D eigenvalue weighted by Gasteiger charge is -2.09. The lowest BCUT2D eigenvalue weighted by Crippen LogP contribution is -2.24. The molecule has 0 unspecified atom stereocenters. The summed E-state index contributed by atoms with van der Waals surface area (Å²) in [6.45, 7) is 0.307. The monoisotopic (exact) mass is 322 g/mol. The first-order valence-electron chi connectivity index (χ1n) is 7.42. The molecule has 7 nitrogen and oxygen atoms in total. The molecule has 3 aromatic heterocycles. The van der Waals surface area contributed by atoms with Gasteiger partial charge in [0.15, 0.2) is 0 Å². The number of aryl methyl sites for hydroxylation is 1. The first kappa shape index (κ1) is 14.3. The Balaban J connectivity index is 1.75. The number of amides is 1. The van der Waals surface area contributed by atoms with Crippen molar-refractivity contribution in [3.8, 4) is 0 Å². The van der Waals surface area contributed by atoms with Gasteiger partial charge in [-0.05, 0) is 36.4 Å². The number of furan rings is 1. The van der Waals surface area contributed by atoms with E-state index in [1.807, 2.05) is 0 Å². The maximum Gasteiger partial charge on any atom is 0.276 e. The van der Waals surface area contributed by atoms with Crippen molar-refractivity contribution in [2.75, 3.05) is 0 Å². The van der Waals surface area contributed by atoms with Gasteiger partial charge in [-0.25, -0.2) is 4.52 Å². The number of nitrogens with one attached hydrogen (secondary N) is 1. The van der Waals surface area contributed by atoms with Gasteiger partial charge in [0.2, 0.25) is 0 Å². The SMILES string of the molecule is Cn1c(=O)c2ccnn2c2ccc(C(=O)NCc3ccco3)cc21. The Kier molecular flexibility index (Phi) is 3.19. The molecule has 0 bridgehead atoms. The molecule has 0 radical (unpaired) electrons. The molecule has 120 valence electrons. The molecule has 0 aliphatic carbocycles. The van der Waals surface area contributed by atoms with Crippen LogP contribution in [0, 0.1) is 0 Å². The zero-order valence-electron chi connectivity index (χ0n) is 12.9. The van der Waals surface area contributed by atoms with Crippen LogP contribution in [0.25, 0.3) is 16.6 Å². The highest BCUT2D eigenvalue weighted by Crippen LogP contribution is 2.15. The zero-order valence-corrected chi connectivity index (χ0v) is 12.9. The van der Waals surface area contributed by atoms with Crippen molar-refractivity contribution < 1.29 is 9.21 Å². The van der Waals surface area contributed by atoms with Gasteiger partial charge in [0.25, 0.3) is 11.5 Å². The first-order chi connectivity index (χ1) is 11.6. The van der Waals surface area contributed by atoms with Crippen LogP contribution >= 0.6 is 0 Å². The van der Waals surface area contributed by atoms with E-state index < -0.39 is 0 Å². The summed E-state index contributed by atoms with van der Waals surface area (Å²) in [7, 11) is 1.68. The third kappa shape index (κ3) is 2.18. The summed E-state index contributed by atoms with van der Waals surface area (Å²) in [4.78, 5) is 24.7. The van der Waals surface area contributed by atoms with E-state index in [9.17, 15) is 9.59 Å². The predicted molar refractivity (Wildman–Crippen MR) is 87.8 cm³/mol. The Bertz CT molecular complexity index is 1110. The van der Waals surface area contributed by atoms with Crippen molar-refractivity contribution >= 4 is 22.5 Å². The number of carbonyl (C=O) groups is 1. The first-order valence-corrected chi connectivity index (χ1v) is 7.42. The maximum absolute atomic E-state index is 12.4. The smallest absolute Gasteiger partial charge is 0.276 e. The van der Waals surface area contributed by atoms with Crippen LogP contribution in [0.5, 0.6) is 0 Å². The average Bonchev–Trinajstić information content (AvgIpc) is 3.28. The van der Waals surface area contributed by atoms with E-state index in [1.54, 1.807) is 60.4 Å². The van der Waals surface area contributed by atoms with Crippen LogP contribution in [0.4, 0.5) is 0 Å². The van der Waals surface area contributed by atoms with Gasteiger partial charge in [-0.15, -0.1) is 0 Å². The van der Waals surface area contributed by atoms with Gasteiger partial charge in [-0.2, -0.15) is 5.10 Å². The summed E-state index contributed by atoms with van der Waals surface area (Å²) in [6.07, 6.45) is 3.14. The molecule has 0 atom stereocenters. The molecule has 0 aliphatic heterocycles. The van der Waals surface area contributed by atoms with Crippen molar-refractivity contribution in [1.82, 2.24) is 19.5 Å². The highest BCUT2D eigenvalue weighted by Gasteiger charge is 2.12. The number of hydrogen-bond donors (Lipinski definition) is 1. The van der Waals surface area contributed by atoms with Crippen LogP contribution in [-0.4, -0.2) is 20.1 Å². The summed E-state index contributed by atoms with van der Waals surface area (Å²) in [5.41, 5.74) is 2.21. The van der Waals surface area contributed by atoms with Gasteiger partial charge >= 0.3 is 0 Å². The largest absolute Gasteiger partial charge is 0.467 e. The minimum absolute atomic E-state index is 0.159. The fraction of sp³-hybridized carbons (Fsp3) is 0.118. The molecule has 1 N–H and O–H groups in total.